The fourth-order valence-corrected chi connectivity index (χ4v) is 2.61. The smallest absolute Gasteiger partial charge is 0.336 e. The topological polar surface area (TPSA) is 130 Å². The molecule has 0 N–H and O–H groups in total. The van der Waals surface area contributed by atoms with E-state index in [1.54, 1.807) is 6.92 Å². The van der Waals surface area contributed by atoms with Crippen molar-refractivity contribution >= 4 is 23.6 Å². The predicted molar refractivity (Wildman–Crippen MR) is 97.8 cm³/mol. The molecule has 0 aromatic heterocycles. The van der Waals surface area contributed by atoms with Gasteiger partial charge in [0.05, 0.1) is 15.9 Å². The summed E-state index contributed by atoms with van der Waals surface area (Å²) in [6, 6.07) is 1.78. The molecule has 27 heavy (non-hydrogen) atoms. The Hall–Kier alpha value is -3.10. The first-order valence-electron chi connectivity index (χ1n) is 8.62. The second-order valence-electron chi connectivity index (χ2n) is 5.91. The van der Waals surface area contributed by atoms with E-state index in [0.29, 0.717) is 19.1 Å². The number of esters is 1. The van der Waals surface area contributed by atoms with Gasteiger partial charge in [0.1, 0.15) is 6.29 Å². The molecule has 1 aromatic carbocycles. The molecule has 0 aliphatic heterocycles. The minimum absolute atomic E-state index is 0.0275. The first-order chi connectivity index (χ1) is 12.8. The summed E-state index contributed by atoms with van der Waals surface area (Å²) in [4.78, 5) is 44.3. The van der Waals surface area contributed by atoms with Crippen molar-refractivity contribution in [2.75, 3.05) is 0 Å². The molecule has 0 saturated heterocycles. The van der Waals surface area contributed by atoms with Crippen LogP contribution in [0.5, 0.6) is 5.75 Å². The number of non-ortho nitro benzene ring substituents is 1. The van der Waals surface area contributed by atoms with Crippen molar-refractivity contribution in [2.24, 2.45) is 0 Å². The first-order valence-corrected chi connectivity index (χ1v) is 8.62. The second kappa shape index (κ2) is 10.8. The van der Waals surface area contributed by atoms with E-state index in [-0.39, 0.29) is 5.56 Å². The molecule has 0 radical (unpaired) electrons. The summed E-state index contributed by atoms with van der Waals surface area (Å²) >= 11 is 0. The number of hydrogen-bond donors (Lipinski definition) is 0. The van der Waals surface area contributed by atoms with Crippen LogP contribution in [-0.4, -0.2) is 22.1 Å². The van der Waals surface area contributed by atoms with Crippen LogP contribution in [-0.2, 0) is 9.59 Å². The summed E-state index contributed by atoms with van der Waals surface area (Å²) in [7, 11) is 0. The number of nitrogens with zero attached hydrogens (tertiary/aromatic N) is 2. The van der Waals surface area contributed by atoms with Gasteiger partial charge in [-0.05, 0) is 13.3 Å². The lowest BCUT2D eigenvalue weighted by atomic mass is 9.92. The Bertz CT molecular complexity index is 743. The van der Waals surface area contributed by atoms with Gasteiger partial charge in [0.15, 0.2) is 0 Å². The number of rotatable bonds is 11. The summed E-state index contributed by atoms with van der Waals surface area (Å²) in [5.41, 5.74) is -1.29. The number of benzene rings is 1. The number of allylic oxidation sites excluding steroid dienone is 1. The highest BCUT2D eigenvalue weighted by atomic mass is 16.6. The molecule has 9 nitrogen and oxygen atoms in total. The number of carbonyl (C=O) groups excluding carboxylic acids is 2. The summed E-state index contributed by atoms with van der Waals surface area (Å²) < 4.78 is 5.07. The van der Waals surface area contributed by atoms with Crippen LogP contribution in [0, 0.1) is 20.2 Å². The van der Waals surface area contributed by atoms with Gasteiger partial charge in [0.25, 0.3) is 5.69 Å². The molecule has 1 aromatic rings. The fraction of sp³-hybridized carbons (Fsp3) is 0.444. The van der Waals surface area contributed by atoms with Crippen molar-refractivity contribution < 1.29 is 24.2 Å². The quantitative estimate of drug-likeness (QED) is 0.107. The lowest BCUT2D eigenvalue weighted by molar-refractivity contribution is -0.394. The summed E-state index contributed by atoms with van der Waals surface area (Å²) in [6.45, 7) is 3.59. The minimum atomic E-state index is -0.869. The van der Waals surface area contributed by atoms with E-state index in [1.165, 1.54) is 6.08 Å². The van der Waals surface area contributed by atoms with Gasteiger partial charge >= 0.3 is 11.7 Å². The number of ether oxygens (including phenoxy) is 1. The standard InChI is InChI=1S/C18H22N2O7/c1-3-5-6-7-9-13(12-21)15-10-14(19(23)24)11-16(20(25)26)18(15)27-17(22)8-4-2/h4,8,10-13H,3,5-7,9H2,1-2H3. The van der Waals surface area contributed by atoms with Gasteiger partial charge in [-0.2, -0.15) is 0 Å². The summed E-state index contributed by atoms with van der Waals surface area (Å²) in [6.07, 6.45) is 6.83. The third-order valence-corrected chi connectivity index (χ3v) is 3.93. The average Bonchev–Trinajstić information content (AvgIpc) is 2.62. The van der Waals surface area contributed by atoms with Crippen LogP contribution in [0.25, 0.3) is 0 Å². The zero-order valence-electron chi connectivity index (χ0n) is 15.3. The number of unbranched alkanes of at least 4 members (excludes halogenated alkanes) is 3. The molecule has 146 valence electrons. The highest BCUT2D eigenvalue weighted by molar-refractivity contribution is 5.85. The number of nitro benzene ring substituents is 2. The molecular weight excluding hydrogens is 356 g/mol. The van der Waals surface area contributed by atoms with E-state index in [2.05, 4.69) is 0 Å². The highest BCUT2D eigenvalue weighted by Crippen LogP contribution is 2.40. The Morgan fingerprint density at radius 2 is 1.89 bits per heavy atom. The molecule has 0 saturated carbocycles. The van der Waals surface area contributed by atoms with Gasteiger partial charge in [-0.3, -0.25) is 20.2 Å². The lowest BCUT2D eigenvalue weighted by Gasteiger charge is -2.15. The lowest BCUT2D eigenvalue weighted by Crippen LogP contribution is -2.12. The van der Waals surface area contributed by atoms with E-state index in [4.69, 9.17) is 4.74 Å². The monoisotopic (exact) mass is 378 g/mol. The maximum atomic E-state index is 11.8. The van der Waals surface area contributed by atoms with Crippen molar-refractivity contribution in [1.29, 1.82) is 0 Å². The zero-order valence-corrected chi connectivity index (χ0v) is 15.3. The summed E-state index contributed by atoms with van der Waals surface area (Å²) in [5.74, 6) is -2.15. The number of hydrogen-bond acceptors (Lipinski definition) is 7. The Balaban J connectivity index is 3.45. The molecule has 9 heteroatoms. The van der Waals surface area contributed by atoms with E-state index < -0.39 is 38.9 Å². The number of aldehydes is 1. The third-order valence-electron chi connectivity index (χ3n) is 3.93. The SMILES string of the molecule is CC=CC(=O)Oc1c(C(C=O)CCCCCC)cc([N+](=O)[O-])cc1[N+](=O)[O-]. The van der Waals surface area contributed by atoms with E-state index in [1.807, 2.05) is 6.92 Å². The molecule has 0 aliphatic rings. The molecule has 0 bridgehead atoms. The molecule has 0 fully saturated rings. The van der Waals surface area contributed by atoms with Crippen molar-refractivity contribution in [2.45, 2.75) is 51.9 Å². The molecule has 0 amide bonds. The Morgan fingerprint density at radius 1 is 1.19 bits per heavy atom. The first kappa shape index (κ1) is 21.9. The normalized spacial score (nSPS) is 11.9. The molecule has 0 aliphatic carbocycles. The average molecular weight is 378 g/mol. The molecule has 0 heterocycles. The van der Waals surface area contributed by atoms with Gasteiger partial charge in [-0.15, -0.1) is 0 Å². The molecule has 1 unspecified atom stereocenters. The Labute approximate surface area is 156 Å². The van der Waals surface area contributed by atoms with Gasteiger partial charge in [0, 0.05) is 23.6 Å². The second-order valence-corrected chi connectivity index (χ2v) is 5.91. The van der Waals surface area contributed by atoms with Crippen LogP contribution in [0.2, 0.25) is 0 Å². The van der Waals surface area contributed by atoms with Gasteiger partial charge in [-0.25, -0.2) is 4.79 Å². The fourth-order valence-electron chi connectivity index (χ4n) is 2.61. The van der Waals surface area contributed by atoms with Crippen molar-refractivity contribution in [3.63, 3.8) is 0 Å². The third kappa shape index (κ3) is 6.28. The maximum absolute atomic E-state index is 11.8. The molecule has 0 spiro atoms. The van der Waals surface area contributed by atoms with E-state index >= 15 is 0 Å². The van der Waals surface area contributed by atoms with Crippen molar-refractivity contribution in [3.8, 4) is 5.75 Å². The minimum Gasteiger partial charge on any atom is -0.416 e. The molecule has 1 atom stereocenters. The van der Waals surface area contributed by atoms with Crippen LogP contribution in [0.3, 0.4) is 0 Å². The van der Waals surface area contributed by atoms with Crippen LogP contribution in [0.1, 0.15) is 57.4 Å². The van der Waals surface area contributed by atoms with Crippen LogP contribution < -0.4 is 4.74 Å². The van der Waals surface area contributed by atoms with E-state index in [9.17, 15) is 29.8 Å². The Kier molecular flexibility index (Phi) is 8.77. The maximum Gasteiger partial charge on any atom is 0.336 e. The van der Waals surface area contributed by atoms with Gasteiger partial charge < -0.3 is 9.53 Å². The number of nitro groups is 2. The van der Waals surface area contributed by atoms with Crippen LogP contribution in [0.15, 0.2) is 24.3 Å². The largest absolute Gasteiger partial charge is 0.416 e. The van der Waals surface area contributed by atoms with Crippen molar-refractivity contribution in [1.82, 2.24) is 0 Å². The molecular formula is C18H22N2O7. The van der Waals surface area contributed by atoms with Crippen molar-refractivity contribution in [3.05, 3.63) is 50.1 Å². The number of carbonyl (C=O) groups is 2. The van der Waals surface area contributed by atoms with Crippen LogP contribution in [0.4, 0.5) is 11.4 Å². The highest BCUT2D eigenvalue weighted by Gasteiger charge is 2.30. The van der Waals surface area contributed by atoms with Crippen LogP contribution >= 0.6 is 0 Å². The Morgan fingerprint density at radius 3 is 2.41 bits per heavy atom. The molecule has 1 rings (SSSR count). The predicted octanol–water partition coefficient (Wildman–Crippen LogP) is 4.24. The van der Waals surface area contributed by atoms with E-state index in [0.717, 1.165) is 37.5 Å². The van der Waals surface area contributed by atoms with Gasteiger partial charge in [-0.1, -0.05) is 38.7 Å². The van der Waals surface area contributed by atoms with Gasteiger partial charge in [0.2, 0.25) is 5.75 Å². The zero-order chi connectivity index (χ0) is 20.4. The summed E-state index contributed by atoms with van der Waals surface area (Å²) in [5, 5.41) is 22.5.